The Kier molecular flexibility index (Phi) is 4.65. The molecule has 0 unspecified atom stereocenters. The molecule has 7 nitrogen and oxygen atoms in total. The minimum atomic E-state index is -0.539. The summed E-state index contributed by atoms with van der Waals surface area (Å²) in [5.41, 5.74) is 1.28. The molecule has 0 aliphatic carbocycles. The third kappa shape index (κ3) is 3.60. The van der Waals surface area contributed by atoms with E-state index in [4.69, 9.17) is 9.47 Å². The number of ether oxygens (including phenoxy) is 2. The summed E-state index contributed by atoms with van der Waals surface area (Å²) in [7, 11) is 1.28. The van der Waals surface area contributed by atoms with E-state index >= 15 is 0 Å². The molecule has 7 heteroatoms. The molecular formula is C18H16N2O5. The van der Waals surface area contributed by atoms with E-state index in [1.807, 2.05) is 0 Å². The van der Waals surface area contributed by atoms with E-state index in [0.29, 0.717) is 17.1 Å². The molecule has 2 aromatic rings. The molecule has 0 spiro atoms. The van der Waals surface area contributed by atoms with E-state index in [1.165, 1.54) is 7.11 Å². The molecule has 0 fully saturated rings. The maximum atomic E-state index is 12.4. The zero-order valence-electron chi connectivity index (χ0n) is 13.5. The van der Waals surface area contributed by atoms with Crippen molar-refractivity contribution in [1.29, 1.82) is 0 Å². The second kappa shape index (κ2) is 7.04. The molecular weight excluding hydrogens is 324 g/mol. The first-order chi connectivity index (χ1) is 12.1. The van der Waals surface area contributed by atoms with Gasteiger partial charge in [0.1, 0.15) is 6.54 Å². The highest BCUT2D eigenvalue weighted by molar-refractivity contribution is 6.03. The Hall–Kier alpha value is -3.35. The number of carbonyl (C=O) groups excluding carboxylic acids is 3. The Labute approximate surface area is 144 Å². The van der Waals surface area contributed by atoms with Crippen LogP contribution in [0.4, 0.5) is 11.4 Å². The van der Waals surface area contributed by atoms with Crippen molar-refractivity contribution in [3.63, 3.8) is 0 Å². The predicted molar refractivity (Wildman–Crippen MR) is 90.7 cm³/mol. The van der Waals surface area contributed by atoms with Gasteiger partial charge in [-0.2, -0.15) is 0 Å². The first-order valence-electron chi connectivity index (χ1n) is 7.60. The summed E-state index contributed by atoms with van der Waals surface area (Å²) in [5.74, 6) is -0.911. The standard InChI is InChI=1S/C18H16N2O5/c1-24-18(23)12-6-2-3-7-13(12)19-16(21)10-20-11-17(22)25-15-9-5-4-8-14(15)20/h2-9H,10-11H2,1H3,(H,19,21). The van der Waals surface area contributed by atoms with Crippen molar-refractivity contribution in [1.82, 2.24) is 0 Å². The van der Waals surface area contributed by atoms with Gasteiger partial charge in [0.15, 0.2) is 5.75 Å². The molecule has 0 bridgehead atoms. The zero-order valence-corrected chi connectivity index (χ0v) is 13.5. The molecule has 1 N–H and O–H groups in total. The molecule has 3 rings (SSSR count). The lowest BCUT2D eigenvalue weighted by Crippen LogP contribution is -2.41. The third-order valence-electron chi connectivity index (χ3n) is 3.69. The highest BCUT2D eigenvalue weighted by Crippen LogP contribution is 2.31. The van der Waals surface area contributed by atoms with Gasteiger partial charge >= 0.3 is 11.9 Å². The van der Waals surface area contributed by atoms with Crippen LogP contribution < -0.4 is 15.0 Å². The Balaban J connectivity index is 1.76. The van der Waals surface area contributed by atoms with Gasteiger partial charge in [-0.3, -0.25) is 4.79 Å². The predicted octanol–water partition coefficient (Wildman–Crippen LogP) is 1.84. The fourth-order valence-corrected chi connectivity index (χ4v) is 2.58. The van der Waals surface area contributed by atoms with Crippen LogP contribution in [0.25, 0.3) is 0 Å². The molecule has 128 valence electrons. The average molecular weight is 340 g/mol. The molecule has 1 aliphatic rings. The average Bonchev–Trinajstić information content (AvgIpc) is 2.61. The van der Waals surface area contributed by atoms with Crippen LogP contribution in [0.15, 0.2) is 48.5 Å². The summed E-state index contributed by atoms with van der Waals surface area (Å²) in [6.45, 7) is -0.0787. The lowest BCUT2D eigenvalue weighted by atomic mass is 10.1. The zero-order chi connectivity index (χ0) is 17.8. The largest absolute Gasteiger partial charge is 0.465 e. The van der Waals surface area contributed by atoms with Crippen LogP contribution in [0.2, 0.25) is 0 Å². The first-order valence-corrected chi connectivity index (χ1v) is 7.60. The van der Waals surface area contributed by atoms with Gasteiger partial charge in [0.05, 0.1) is 30.6 Å². The number of hydrogen-bond donors (Lipinski definition) is 1. The quantitative estimate of drug-likeness (QED) is 0.675. The lowest BCUT2D eigenvalue weighted by molar-refractivity contribution is -0.133. The monoisotopic (exact) mass is 340 g/mol. The number of benzene rings is 2. The summed E-state index contributed by atoms with van der Waals surface area (Å²) in [5, 5.41) is 2.69. The second-order valence-electron chi connectivity index (χ2n) is 5.38. The Morgan fingerprint density at radius 3 is 2.68 bits per heavy atom. The molecule has 0 atom stereocenters. The number of anilines is 2. The first kappa shape index (κ1) is 16.5. The number of methoxy groups -OCH3 is 1. The number of nitrogens with one attached hydrogen (secondary N) is 1. The van der Waals surface area contributed by atoms with Gasteiger partial charge in [0.2, 0.25) is 5.91 Å². The highest BCUT2D eigenvalue weighted by Gasteiger charge is 2.25. The number of fused-ring (bicyclic) bond motifs is 1. The number of para-hydroxylation sites is 3. The van der Waals surface area contributed by atoms with Crippen molar-refractivity contribution < 1.29 is 23.9 Å². The normalized spacial score (nSPS) is 12.8. The van der Waals surface area contributed by atoms with E-state index in [1.54, 1.807) is 53.4 Å². The number of rotatable bonds is 4. The van der Waals surface area contributed by atoms with E-state index < -0.39 is 11.9 Å². The lowest BCUT2D eigenvalue weighted by Gasteiger charge is -2.29. The second-order valence-corrected chi connectivity index (χ2v) is 5.38. The van der Waals surface area contributed by atoms with Crippen LogP contribution in [0, 0.1) is 0 Å². The van der Waals surface area contributed by atoms with E-state index in [9.17, 15) is 14.4 Å². The molecule has 0 radical (unpaired) electrons. The number of hydrogen-bond acceptors (Lipinski definition) is 6. The van der Waals surface area contributed by atoms with Crippen LogP contribution in [0.3, 0.4) is 0 Å². The Bertz CT molecular complexity index is 834. The van der Waals surface area contributed by atoms with Gasteiger partial charge < -0.3 is 19.7 Å². The third-order valence-corrected chi connectivity index (χ3v) is 3.69. The smallest absolute Gasteiger partial charge is 0.339 e. The number of nitrogens with zero attached hydrogens (tertiary/aromatic N) is 1. The summed E-state index contributed by atoms with van der Waals surface area (Å²) in [6.07, 6.45) is 0. The Morgan fingerprint density at radius 1 is 1.16 bits per heavy atom. The van der Waals surface area contributed by atoms with Crippen LogP contribution in [-0.4, -0.2) is 38.0 Å². The minimum absolute atomic E-state index is 0.0247. The SMILES string of the molecule is COC(=O)c1ccccc1NC(=O)CN1CC(=O)Oc2ccccc21. The van der Waals surface area contributed by atoms with Gasteiger partial charge in [-0.25, -0.2) is 9.59 Å². The number of carbonyl (C=O) groups is 3. The van der Waals surface area contributed by atoms with Crippen molar-refractivity contribution in [2.75, 3.05) is 30.4 Å². The summed E-state index contributed by atoms with van der Waals surface area (Å²) >= 11 is 0. The van der Waals surface area contributed by atoms with Crippen LogP contribution >= 0.6 is 0 Å². The molecule has 2 aromatic carbocycles. The Morgan fingerprint density at radius 2 is 1.88 bits per heavy atom. The molecule has 1 aliphatic heterocycles. The van der Waals surface area contributed by atoms with Crippen LogP contribution in [-0.2, 0) is 14.3 Å². The molecule has 25 heavy (non-hydrogen) atoms. The van der Waals surface area contributed by atoms with Gasteiger partial charge in [-0.15, -0.1) is 0 Å². The molecule has 1 amide bonds. The van der Waals surface area contributed by atoms with E-state index in [-0.39, 0.29) is 24.6 Å². The van der Waals surface area contributed by atoms with Gasteiger partial charge in [0.25, 0.3) is 0 Å². The van der Waals surface area contributed by atoms with E-state index in [0.717, 1.165) is 0 Å². The van der Waals surface area contributed by atoms with Gasteiger partial charge in [-0.05, 0) is 24.3 Å². The van der Waals surface area contributed by atoms with Crippen molar-refractivity contribution in [3.8, 4) is 5.75 Å². The van der Waals surface area contributed by atoms with Crippen molar-refractivity contribution in [2.45, 2.75) is 0 Å². The maximum Gasteiger partial charge on any atom is 0.339 e. The summed E-state index contributed by atoms with van der Waals surface area (Å²) < 4.78 is 9.86. The van der Waals surface area contributed by atoms with Gasteiger partial charge in [0, 0.05) is 0 Å². The summed E-state index contributed by atoms with van der Waals surface area (Å²) in [6, 6.07) is 13.6. The molecule has 1 heterocycles. The van der Waals surface area contributed by atoms with E-state index in [2.05, 4.69) is 5.32 Å². The topological polar surface area (TPSA) is 84.9 Å². The molecule has 0 aromatic heterocycles. The van der Waals surface area contributed by atoms with Crippen molar-refractivity contribution in [2.24, 2.45) is 0 Å². The minimum Gasteiger partial charge on any atom is -0.465 e. The van der Waals surface area contributed by atoms with Crippen molar-refractivity contribution >= 4 is 29.2 Å². The molecule has 0 saturated carbocycles. The van der Waals surface area contributed by atoms with Crippen LogP contribution in [0.1, 0.15) is 10.4 Å². The maximum absolute atomic E-state index is 12.4. The fraction of sp³-hybridized carbons (Fsp3) is 0.167. The summed E-state index contributed by atoms with van der Waals surface area (Å²) in [4.78, 5) is 37.5. The number of esters is 2. The molecule has 0 saturated heterocycles. The fourth-order valence-electron chi connectivity index (χ4n) is 2.58. The highest BCUT2D eigenvalue weighted by atomic mass is 16.5. The van der Waals surface area contributed by atoms with Crippen LogP contribution in [0.5, 0.6) is 5.75 Å². The van der Waals surface area contributed by atoms with Crippen molar-refractivity contribution in [3.05, 3.63) is 54.1 Å². The number of amides is 1. The van der Waals surface area contributed by atoms with Gasteiger partial charge in [-0.1, -0.05) is 24.3 Å².